The molecule has 3 saturated heterocycles. The molecule has 3 saturated carbocycles. The Bertz CT molecular complexity index is 1040. The molecule has 0 radical (unpaired) electrons. The summed E-state index contributed by atoms with van der Waals surface area (Å²) in [5.74, 6) is 1.12. The highest BCUT2D eigenvalue weighted by atomic mass is 32.1. The standard InChI is InChI=1S/C18H31NO3.C15H25NO3.C4H8O.CH4.6H2S/c1-17(2,3)22-16(20)19-14-9-5-4-8-13(14)12-15(19)18(21)10-6-7-11-18;1-10(17)13-9-11-7-5-6-8-12(11)16(13)14(18)19-15(2,3)4;1-2-4-5-3-1;;;;;;;/h13-15,21H,4-12H2,1-3H3;11-13H,5-9H2,1-4H3;1-4H2;1H4;6*1H2/t13-,14-,15-;11-,12-,13-;;;;;;;;/m00......../s1. The number of hydrogen-bond donors (Lipinski definition) is 1. The van der Waals surface area contributed by atoms with Crippen molar-refractivity contribution in [2.45, 2.75) is 200 Å². The molecule has 15 heteroatoms. The molecule has 2 amide bonds. The minimum absolute atomic E-state index is 0. The van der Waals surface area contributed by atoms with E-state index in [-0.39, 0.29) is 131 Å². The zero-order valence-corrected chi connectivity index (χ0v) is 39.0. The van der Waals surface area contributed by atoms with E-state index in [1.807, 2.05) is 46.4 Å². The van der Waals surface area contributed by atoms with Gasteiger partial charge < -0.3 is 19.3 Å². The van der Waals surface area contributed by atoms with Gasteiger partial charge in [0, 0.05) is 25.3 Å². The Labute approximate surface area is 365 Å². The van der Waals surface area contributed by atoms with Gasteiger partial charge in [0.25, 0.3) is 0 Å². The second-order valence-electron chi connectivity index (χ2n) is 16.7. The van der Waals surface area contributed by atoms with Gasteiger partial charge in [-0.3, -0.25) is 14.6 Å². The van der Waals surface area contributed by atoms with Crippen LogP contribution in [-0.4, -0.2) is 87.1 Å². The van der Waals surface area contributed by atoms with Gasteiger partial charge in [0.1, 0.15) is 11.2 Å². The van der Waals surface area contributed by atoms with E-state index in [0.29, 0.717) is 11.8 Å². The lowest BCUT2D eigenvalue weighted by Gasteiger charge is -2.40. The Morgan fingerprint density at radius 2 is 1.02 bits per heavy atom. The van der Waals surface area contributed by atoms with E-state index in [2.05, 4.69) is 0 Å². The van der Waals surface area contributed by atoms with Gasteiger partial charge in [0.2, 0.25) is 0 Å². The van der Waals surface area contributed by atoms with Crippen LogP contribution in [0.2, 0.25) is 0 Å². The third-order valence-corrected chi connectivity index (χ3v) is 10.8. The second-order valence-corrected chi connectivity index (χ2v) is 16.7. The van der Waals surface area contributed by atoms with Gasteiger partial charge in [-0.1, -0.05) is 46.0 Å². The third-order valence-electron chi connectivity index (χ3n) is 10.8. The van der Waals surface area contributed by atoms with Crippen LogP contribution in [0.15, 0.2) is 0 Å². The smallest absolute Gasteiger partial charge is 0.411 e. The maximum atomic E-state index is 12.8. The first-order chi connectivity index (χ1) is 21.6. The van der Waals surface area contributed by atoms with Crippen LogP contribution in [0.4, 0.5) is 9.59 Å². The number of rotatable bonds is 2. The summed E-state index contributed by atoms with van der Waals surface area (Å²) in [4.78, 5) is 40.7. The maximum Gasteiger partial charge on any atom is 0.411 e. The van der Waals surface area contributed by atoms with Crippen molar-refractivity contribution in [1.29, 1.82) is 0 Å². The van der Waals surface area contributed by atoms with Gasteiger partial charge in [0.05, 0.1) is 17.7 Å². The lowest BCUT2D eigenvalue weighted by atomic mass is 9.82. The zero-order chi connectivity index (χ0) is 33.7. The van der Waals surface area contributed by atoms with Crippen LogP contribution in [0.1, 0.15) is 159 Å². The molecule has 0 aromatic rings. The summed E-state index contributed by atoms with van der Waals surface area (Å²) in [5, 5.41) is 11.1. The summed E-state index contributed by atoms with van der Waals surface area (Å²) < 4.78 is 16.1. The Balaban J connectivity index is -0.000000359. The van der Waals surface area contributed by atoms with E-state index in [9.17, 15) is 19.5 Å². The molecular formula is C38H80N2O7S6. The lowest BCUT2D eigenvalue weighted by molar-refractivity contribution is -0.121. The van der Waals surface area contributed by atoms with Crippen molar-refractivity contribution in [3.63, 3.8) is 0 Å². The summed E-state index contributed by atoms with van der Waals surface area (Å²) in [6.07, 6.45) is 16.8. The molecular weight excluding hydrogens is 789 g/mol. The molecule has 0 aromatic carbocycles. The quantitative estimate of drug-likeness (QED) is 0.295. The van der Waals surface area contributed by atoms with Crippen molar-refractivity contribution in [3.8, 4) is 0 Å². The van der Waals surface area contributed by atoms with E-state index in [4.69, 9.17) is 14.2 Å². The van der Waals surface area contributed by atoms with Crippen molar-refractivity contribution in [3.05, 3.63) is 0 Å². The molecule has 3 aliphatic heterocycles. The van der Waals surface area contributed by atoms with Crippen molar-refractivity contribution in [2.24, 2.45) is 11.8 Å². The fourth-order valence-corrected chi connectivity index (χ4v) is 8.75. The van der Waals surface area contributed by atoms with Crippen LogP contribution < -0.4 is 0 Å². The number of ketones is 1. The second kappa shape index (κ2) is 26.3. The summed E-state index contributed by atoms with van der Waals surface area (Å²) in [7, 11) is 0. The fraction of sp³-hybridized carbons (Fsp3) is 0.921. The highest BCUT2D eigenvalue weighted by Gasteiger charge is 2.54. The van der Waals surface area contributed by atoms with Crippen LogP contribution >= 0.6 is 81.0 Å². The summed E-state index contributed by atoms with van der Waals surface area (Å²) in [5.41, 5.74) is -1.67. The number of amides is 2. The molecule has 6 atom stereocenters. The highest BCUT2D eigenvalue weighted by molar-refractivity contribution is 7.60. The van der Waals surface area contributed by atoms with Gasteiger partial charge >= 0.3 is 12.2 Å². The molecule has 0 bridgehead atoms. The van der Waals surface area contributed by atoms with Crippen LogP contribution in [0.3, 0.4) is 0 Å². The molecule has 3 aliphatic carbocycles. The van der Waals surface area contributed by atoms with Gasteiger partial charge in [-0.15, -0.1) is 0 Å². The maximum absolute atomic E-state index is 12.8. The lowest BCUT2D eigenvalue weighted by Crippen LogP contribution is -2.54. The first-order valence-electron chi connectivity index (χ1n) is 18.4. The molecule has 53 heavy (non-hydrogen) atoms. The third kappa shape index (κ3) is 16.9. The van der Waals surface area contributed by atoms with Crippen molar-refractivity contribution < 1.29 is 33.7 Å². The molecule has 6 fully saturated rings. The number of carbonyl (C=O) groups is 3. The van der Waals surface area contributed by atoms with Crippen molar-refractivity contribution in [1.82, 2.24) is 9.80 Å². The minimum atomic E-state index is -0.686. The average Bonchev–Trinajstić information content (AvgIpc) is 3.77. The van der Waals surface area contributed by atoms with Gasteiger partial charge in [-0.2, -0.15) is 81.0 Å². The first kappa shape index (κ1) is 59.9. The predicted molar refractivity (Wildman–Crippen MR) is 248 cm³/mol. The van der Waals surface area contributed by atoms with Gasteiger partial charge in [0.15, 0.2) is 5.78 Å². The monoisotopic (exact) mass is 868 g/mol. The highest BCUT2D eigenvalue weighted by Crippen LogP contribution is 2.48. The van der Waals surface area contributed by atoms with E-state index in [0.717, 1.165) is 77.4 Å². The van der Waals surface area contributed by atoms with E-state index in [1.165, 1.54) is 38.5 Å². The van der Waals surface area contributed by atoms with Gasteiger partial charge in [-0.25, -0.2) is 9.59 Å². The van der Waals surface area contributed by atoms with E-state index >= 15 is 0 Å². The Morgan fingerprint density at radius 3 is 1.42 bits per heavy atom. The Morgan fingerprint density at radius 1 is 0.623 bits per heavy atom. The van der Waals surface area contributed by atoms with E-state index < -0.39 is 16.8 Å². The Kier molecular flexibility index (Phi) is 29.7. The molecule has 6 aliphatic rings. The fourth-order valence-electron chi connectivity index (χ4n) is 8.75. The molecule has 0 unspecified atom stereocenters. The molecule has 0 spiro atoms. The van der Waals surface area contributed by atoms with Crippen molar-refractivity contribution >= 4 is 98.9 Å². The summed E-state index contributed by atoms with van der Waals surface area (Å²) in [6, 6.07) is 0.164. The molecule has 1 N–H and O–H groups in total. The van der Waals surface area contributed by atoms with Crippen LogP contribution in [0.25, 0.3) is 0 Å². The number of hydrogen-bond acceptors (Lipinski definition) is 7. The SMILES string of the molecule is C.C1CCOC1.CC(=O)[C@@H]1C[C@@H]2CCCC[C@@H]2N1C(=O)OC(C)(C)C.CC(C)(C)OC(=O)N1[C@H](C2(O)CCCC2)C[C@@H]2CCCC[C@@H]21.S.S.S.S.S.S. The number of carbonyl (C=O) groups excluding carboxylic acids is 3. The number of nitrogens with zero attached hydrogens (tertiary/aromatic N) is 2. The summed E-state index contributed by atoms with van der Waals surface area (Å²) >= 11 is 0. The minimum Gasteiger partial charge on any atom is -0.444 e. The number of ether oxygens (including phenoxy) is 3. The number of fused-ring (bicyclic) bond motifs is 2. The van der Waals surface area contributed by atoms with Crippen LogP contribution in [-0.2, 0) is 19.0 Å². The largest absolute Gasteiger partial charge is 0.444 e. The molecule has 6 rings (SSSR count). The average molecular weight is 869 g/mol. The van der Waals surface area contributed by atoms with Crippen LogP contribution in [0.5, 0.6) is 0 Å². The topological polar surface area (TPSA) is 106 Å². The first-order valence-corrected chi connectivity index (χ1v) is 18.4. The van der Waals surface area contributed by atoms with E-state index in [1.54, 1.807) is 11.8 Å². The van der Waals surface area contributed by atoms with Crippen molar-refractivity contribution in [2.75, 3.05) is 13.2 Å². The molecule has 3 heterocycles. The number of Topliss-reactive ketones (excluding diaryl/α,β-unsaturated/α-hetero) is 1. The molecule has 0 aromatic heterocycles. The normalized spacial score (nSPS) is 27.7. The summed E-state index contributed by atoms with van der Waals surface area (Å²) in [6.45, 7) is 14.9. The van der Waals surface area contributed by atoms with Gasteiger partial charge in [-0.05, 0) is 125 Å². The molecule has 9 nitrogen and oxygen atoms in total. The number of aliphatic hydroxyl groups is 1. The zero-order valence-electron chi connectivity index (χ0n) is 33.0. The Hall–Kier alpha value is 0.230. The predicted octanol–water partition coefficient (Wildman–Crippen LogP) is 9.11. The van der Waals surface area contributed by atoms with Crippen LogP contribution in [0, 0.1) is 11.8 Å². The number of likely N-dealkylation sites (tertiary alicyclic amines) is 2. The molecule has 320 valence electrons.